The molecule has 1 aromatic carbocycles. The molecule has 7 heteroatoms. The van der Waals surface area contributed by atoms with Crippen molar-refractivity contribution >= 4 is 12.0 Å². The van der Waals surface area contributed by atoms with Crippen LogP contribution in [0.4, 0.5) is 4.79 Å². The lowest BCUT2D eigenvalue weighted by atomic mass is 9.95. The Kier molecular flexibility index (Phi) is 5.88. The van der Waals surface area contributed by atoms with Gasteiger partial charge in [0, 0.05) is 32.3 Å². The Balaban J connectivity index is 1.43. The number of benzene rings is 1. The van der Waals surface area contributed by atoms with Crippen molar-refractivity contribution in [3.05, 3.63) is 53.9 Å². The molecule has 2 aromatic rings. The molecule has 1 unspecified atom stereocenters. The number of aromatic nitrogens is 2. The van der Waals surface area contributed by atoms with Crippen molar-refractivity contribution in [2.24, 2.45) is 7.05 Å². The van der Waals surface area contributed by atoms with Crippen LogP contribution in [-0.2, 0) is 23.2 Å². The minimum absolute atomic E-state index is 0.0530. The van der Waals surface area contributed by atoms with E-state index in [1.54, 1.807) is 9.58 Å². The van der Waals surface area contributed by atoms with Crippen LogP contribution in [0.5, 0.6) is 0 Å². The van der Waals surface area contributed by atoms with E-state index in [9.17, 15) is 9.59 Å². The smallest absolute Gasteiger partial charge is 0.407 e. The van der Waals surface area contributed by atoms with Crippen molar-refractivity contribution in [2.75, 3.05) is 19.6 Å². The number of ether oxygens (including phenoxy) is 1. The summed E-state index contributed by atoms with van der Waals surface area (Å²) in [6.45, 7) is 1.48. The Bertz CT molecular complexity index is 744. The Morgan fingerprint density at radius 2 is 2.08 bits per heavy atom. The monoisotopic (exact) mass is 356 g/mol. The van der Waals surface area contributed by atoms with Crippen LogP contribution in [0.3, 0.4) is 0 Å². The van der Waals surface area contributed by atoms with Crippen molar-refractivity contribution < 1.29 is 14.3 Å². The van der Waals surface area contributed by atoms with Crippen molar-refractivity contribution in [3.63, 3.8) is 0 Å². The first-order valence-electron chi connectivity index (χ1n) is 8.83. The van der Waals surface area contributed by atoms with Crippen LogP contribution >= 0.6 is 0 Å². The number of nitrogens with zero attached hydrogens (tertiary/aromatic N) is 3. The molecule has 0 aliphatic carbocycles. The van der Waals surface area contributed by atoms with Gasteiger partial charge in [0.1, 0.15) is 13.2 Å². The van der Waals surface area contributed by atoms with Gasteiger partial charge in [-0.15, -0.1) is 0 Å². The Hall–Kier alpha value is -2.83. The summed E-state index contributed by atoms with van der Waals surface area (Å²) in [6.07, 6.45) is 3.29. The minimum Gasteiger partial charge on any atom is -0.445 e. The summed E-state index contributed by atoms with van der Waals surface area (Å²) >= 11 is 0. The summed E-state index contributed by atoms with van der Waals surface area (Å²) in [4.78, 5) is 26.0. The van der Waals surface area contributed by atoms with E-state index < -0.39 is 6.09 Å². The van der Waals surface area contributed by atoms with E-state index in [4.69, 9.17) is 4.74 Å². The van der Waals surface area contributed by atoms with Gasteiger partial charge in [-0.25, -0.2) is 4.79 Å². The van der Waals surface area contributed by atoms with Gasteiger partial charge in [-0.05, 0) is 24.5 Å². The highest BCUT2D eigenvalue weighted by molar-refractivity contribution is 5.82. The molecule has 1 fully saturated rings. The molecule has 1 N–H and O–H groups in total. The quantitative estimate of drug-likeness (QED) is 0.890. The maximum Gasteiger partial charge on any atom is 0.407 e. The van der Waals surface area contributed by atoms with Gasteiger partial charge >= 0.3 is 6.09 Å². The summed E-state index contributed by atoms with van der Waals surface area (Å²) in [6, 6.07) is 11.4. The number of alkyl carbamates (subject to hydrolysis) is 1. The zero-order valence-electron chi connectivity index (χ0n) is 14.9. The molecule has 7 nitrogen and oxygen atoms in total. The lowest BCUT2D eigenvalue weighted by molar-refractivity contribution is -0.131. The van der Waals surface area contributed by atoms with E-state index >= 15 is 0 Å². The fraction of sp³-hybridized carbons (Fsp3) is 0.421. The summed E-state index contributed by atoms with van der Waals surface area (Å²) in [5.74, 6) is 0.154. The standard InChI is InChI=1S/C19H24N4O3/c1-22-11-9-17(21-22)16-8-5-10-23(13-16)18(24)12-20-19(25)26-14-15-6-3-2-4-7-15/h2-4,6-7,9,11,16H,5,8,10,12-14H2,1H3,(H,20,25). The third-order valence-corrected chi connectivity index (χ3v) is 4.52. The zero-order chi connectivity index (χ0) is 18.4. The second-order valence-electron chi connectivity index (χ2n) is 6.51. The molecule has 2 heterocycles. The topological polar surface area (TPSA) is 76.5 Å². The molecule has 1 saturated heterocycles. The van der Waals surface area contributed by atoms with Gasteiger partial charge in [-0.3, -0.25) is 9.48 Å². The van der Waals surface area contributed by atoms with Crippen LogP contribution < -0.4 is 5.32 Å². The van der Waals surface area contributed by atoms with Crippen LogP contribution in [0.15, 0.2) is 42.6 Å². The number of amides is 2. The number of piperidine rings is 1. The first-order chi connectivity index (χ1) is 12.6. The fourth-order valence-electron chi connectivity index (χ4n) is 3.13. The molecule has 0 saturated carbocycles. The number of carbonyl (C=O) groups excluding carboxylic acids is 2. The zero-order valence-corrected chi connectivity index (χ0v) is 14.9. The van der Waals surface area contributed by atoms with Gasteiger partial charge in [-0.1, -0.05) is 30.3 Å². The number of hydrogen-bond acceptors (Lipinski definition) is 4. The SMILES string of the molecule is Cn1ccc(C2CCCN(C(=O)CNC(=O)OCc3ccccc3)C2)n1. The number of rotatable bonds is 5. The van der Waals surface area contributed by atoms with Crippen molar-refractivity contribution in [3.8, 4) is 0 Å². The predicted molar refractivity (Wildman–Crippen MR) is 96.4 cm³/mol. The summed E-state index contributed by atoms with van der Waals surface area (Å²) in [5.41, 5.74) is 1.92. The molecule has 1 atom stereocenters. The second-order valence-corrected chi connectivity index (χ2v) is 6.51. The maximum absolute atomic E-state index is 12.4. The number of hydrogen-bond donors (Lipinski definition) is 1. The van der Waals surface area contributed by atoms with Crippen molar-refractivity contribution in [2.45, 2.75) is 25.4 Å². The van der Waals surface area contributed by atoms with Crippen LogP contribution in [0, 0.1) is 0 Å². The van der Waals surface area contributed by atoms with Gasteiger partial charge in [-0.2, -0.15) is 5.10 Å². The lowest BCUT2D eigenvalue weighted by Crippen LogP contribution is -2.44. The summed E-state index contributed by atoms with van der Waals surface area (Å²) < 4.78 is 6.90. The van der Waals surface area contributed by atoms with E-state index in [0.29, 0.717) is 13.1 Å². The molecule has 138 valence electrons. The second kappa shape index (κ2) is 8.51. The van der Waals surface area contributed by atoms with Crippen LogP contribution in [-0.4, -0.2) is 46.3 Å². The predicted octanol–water partition coefficient (Wildman–Crippen LogP) is 2.05. The van der Waals surface area contributed by atoms with E-state index in [0.717, 1.165) is 24.1 Å². The first-order valence-corrected chi connectivity index (χ1v) is 8.83. The van der Waals surface area contributed by atoms with Crippen LogP contribution in [0.25, 0.3) is 0 Å². The highest BCUT2D eigenvalue weighted by Crippen LogP contribution is 2.25. The van der Waals surface area contributed by atoms with Crippen LogP contribution in [0.2, 0.25) is 0 Å². The van der Waals surface area contributed by atoms with E-state index in [1.807, 2.05) is 49.6 Å². The molecule has 26 heavy (non-hydrogen) atoms. The Morgan fingerprint density at radius 1 is 1.27 bits per heavy atom. The summed E-state index contributed by atoms with van der Waals surface area (Å²) in [7, 11) is 1.89. The molecular weight excluding hydrogens is 332 g/mol. The maximum atomic E-state index is 12.4. The molecule has 3 rings (SSSR count). The molecule has 1 aliphatic heterocycles. The third kappa shape index (κ3) is 4.84. The molecular formula is C19H24N4O3. The van der Waals surface area contributed by atoms with Gasteiger partial charge in [0.15, 0.2) is 0 Å². The molecule has 2 amide bonds. The minimum atomic E-state index is -0.583. The molecule has 1 aliphatic rings. The van der Waals surface area contributed by atoms with E-state index in [1.165, 1.54) is 0 Å². The lowest BCUT2D eigenvalue weighted by Gasteiger charge is -2.32. The third-order valence-electron chi connectivity index (χ3n) is 4.52. The van der Waals surface area contributed by atoms with E-state index in [-0.39, 0.29) is 25.0 Å². The Labute approximate surface area is 152 Å². The van der Waals surface area contributed by atoms with Gasteiger partial charge in [0.05, 0.1) is 5.69 Å². The number of carbonyl (C=O) groups is 2. The highest BCUT2D eigenvalue weighted by Gasteiger charge is 2.26. The molecule has 0 spiro atoms. The number of aryl methyl sites for hydroxylation is 1. The average molecular weight is 356 g/mol. The van der Waals surface area contributed by atoms with E-state index in [2.05, 4.69) is 10.4 Å². The fourth-order valence-corrected chi connectivity index (χ4v) is 3.13. The van der Waals surface area contributed by atoms with Gasteiger partial charge in [0.2, 0.25) is 5.91 Å². The average Bonchev–Trinajstić information content (AvgIpc) is 3.12. The van der Waals surface area contributed by atoms with Crippen LogP contribution in [0.1, 0.15) is 30.0 Å². The first kappa shape index (κ1) is 18.0. The number of nitrogens with one attached hydrogen (secondary N) is 1. The largest absolute Gasteiger partial charge is 0.445 e. The Morgan fingerprint density at radius 3 is 2.81 bits per heavy atom. The molecule has 0 bridgehead atoms. The van der Waals surface area contributed by atoms with Gasteiger partial charge < -0.3 is 15.0 Å². The van der Waals surface area contributed by atoms with Gasteiger partial charge in [0.25, 0.3) is 0 Å². The molecule has 0 radical (unpaired) electrons. The normalized spacial score (nSPS) is 17.0. The molecule has 1 aromatic heterocycles. The highest BCUT2D eigenvalue weighted by atomic mass is 16.5. The van der Waals surface area contributed by atoms with Crippen molar-refractivity contribution in [1.82, 2.24) is 20.0 Å². The van der Waals surface area contributed by atoms with Crippen molar-refractivity contribution in [1.29, 1.82) is 0 Å². The number of likely N-dealkylation sites (tertiary alicyclic amines) is 1. The summed E-state index contributed by atoms with van der Waals surface area (Å²) in [5, 5.41) is 6.98.